The van der Waals surface area contributed by atoms with E-state index < -0.39 is 43.1 Å². The Labute approximate surface area is 164 Å². The average molecular weight is 401 g/mol. The number of rotatable bonds is 12. The molecule has 1 fully saturated rings. The van der Waals surface area contributed by atoms with Crippen LogP contribution in [0.3, 0.4) is 0 Å². The Hall–Kier alpha value is -2.20. The van der Waals surface area contributed by atoms with Crippen molar-refractivity contribution in [2.24, 2.45) is 5.92 Å². The van der Waals surface area contributed by atoms with Gasteiger partial charge < -0.3 is 20.6 Å². The molecule has 1 amide bonds. The third-order valence-electron chi connectivity index (χ3n) is 4.70. The summed E-state index contributed by atoms with van der Waals surface area (Å²) in [4.78, 5) is 48.9. The van der Waals surface area contributed by atoms with E-state index in [4.69, 9.17) is 10.2 Å². The fourth-order valence-corrected chi connectivity index (χ4v) is 3.60. The van der Waals surface area contributed by atoms with Crippen molar-refractivity contribution in [1.29, 1.82) is 0 Å². The number of carbonyl (C=O) groups is 4. The zero-order chi connectivity index (χ0) is 21.3. The molecule has 0 spiro atoms. The van der Waals surface area contributed by atoms with Gasteiger partial charge in [0.1, 0.15) is 0 Å². The minimum atomic E-state index is -1.15. The second-order valence-electron chi connectivity index (χ2n) is 7.61. The molecule has 0 saturated heterocycles. The van der Waals surface area contributed by atoms with Gasteiger partial charge in [0.15, 0.2) is 0 Å². The second-order valence-corrected chi connectivity index (χ2v) is 7.61. The Bertz CT molecular complexity index is 551. The lowest BCUT2D eigenvalue weighted by Crippen LogP contribution is -2.58. The first-order chi connectivity index (χ1) is 13.1. The molecule has 160 valence electrons. The highest BCUT2D eigenvalue weighted by Gasteiger charge is 2.37. The summed E-state index contributed by atoms with van der Waals surface area (Å²) >= 11 is 0. The number of carbonyl (C=O) groups excluding carboxylic acids is 1. The van der Waals surface area contributed by atoms with Crippen LogP contribution in [0.15, 0.2) is 0 Å². The molecule has 1 aliphatic rings. The molecule has 1 rings (SSSR count). The van der Waals surface area contributed by atoms with Crippen LogP contribution < -0.4 is 5.32 Å². The van der Waals surface area contributed by atoms with Crippen LogP contribution in [-0.4, -0.2) is 93.7 Å². The van der Waals surface area contributed by atoms with Crippen LogP contribution in [0.25, 0.3) is 0 Å². The van der Waals surface area contributed by atoms with E-state index in [0.717, 1.165) is 12.8 Å². The summed E-state index contributed by atoms with van der Waals surface area (Å²) < 4.78 is 0. The molecule has 0 aliphatic heterocycles. The zero-order valence-corrected chi connectivity index (χ0v) is 16.5. The number of hydrogen-bond donors (Lipinski definition) is 4. The summed E-state index contributed by atoms with van der Waals surface area (Å²) in [5.74, 6) is -3.44. The number of amides is 1. The van der Waals surface area contributed by atoms with Gasteiger partial charge in [-0.3, -0.25) is 29.0 Å². The summed E-state index contributed by atoms with van der Waals surface area (Å²) in [7, 11) is 0. The predicted octanol–water partition coefficient (Wildman–Crippen LogP) is -0.0724. The standard InChI is InChI=1S/C18H31N3O7/c1-12(2)7-19-15(22)8-20(9-16(23)24)13-5-3-4-6-14(13)21(10-17(25)26)11-18(27)28/h12-14H,3-11H2,1-2H3,(H,19,22)(H,23,24)(H,25,26)(H,27,28). The van der Waals surface area contributed by atoms with Gasteiger partial charge in [-0.2, -0.15) is 0 Å². The summed E-state index contributed by atoms with van der Waals surface area (Å²) in [6, 6.07) is -0.855. The summed E-state index contributed by atoms with van der Waals surface area (Å²) in [5, 5.41) is 30.4. The minimum Gasteiger partial charge on any atom is -0.480 e. The van der Waals surface area contributed by atoms with Gasteiger partial charge in [0.25, 0.3) is 0 Å². The number of nitrogens with one attached hydrogen (secondary N) is 1. The van der Waals surface area contributed by atoms with E-state index in [2.05, 4.69) is 5.32 Å². The van der Waals surface area contributed by atoms with Crippen molar-refractivity contribution < 1.29 is 34.5 Å². The maximum Gasteiger partial charge on any atom is 0.317 e. The van der Waals surface area contributed by atoms with Crippen molar-refractivity contribution in [3.63, 3.8) is 0 Å². The molecule has 2 unspecified atom stereocenters. The highest BCUT2D eigenvalue weighted by atomic mass is 16.4. The van der Waals surface area contributed by atoms with Crippen molar-refractivity contribution >= 4 is 23.8 Å². The Kier molecular flexibility index (Phi) is 9.88. The lowest BCUT2D eigenvalue weighted by molar-refractivity contribution is -0.147. The zero-order valence-electron chi connectivity index (χ0n) is 16.5. The molecule has 28 heavy (non-hydrogen) atoms. The van der Waals surface area contributed by atoms with Crippen molar-refractivity contribution in [2.75, 3.05) is 32.7 Å². The van der Waals surface area contributed by atoms with Crippen molar-refractivity contribution in [1.82, 2.24) is 15.1 Å². The molecular formula is C18H31N3O7. The van der Waals surface area contributed by atoms with Gasteiger partial charge in [-0.15, -0.1) is 0 Å². The Morgan fingerprint density at radius 1 is 0.821 bits per heavy atom. The highest BCUT2D eigenvalue weighted by molar-refractivity contribution is 5.79. The molecule has 1 aliphatic carbocycles. The van der Waals surface area contributed by atoms with E-state index in [0.29, 0.717) is 19.4 Å². The van der Waals surface area contributed by atoms with Crippen LogP contribution in [-0.2, 0) is 19.2 Å². The van der Waals surface area contributed by atoms with Crippen LogP contribution >= 0.6 is 0 Å². The largest absolute Gasteiger partial charge is 0.480 e. The maximum absolute atomic E-state index is 12.3. The molecule has 2 atom stereocenters. The van der Waals surface area contributed by atoms with Gasteiger partial charge >= 0.3 is 17.9 Å². The lowest BCUT2D eigenvalue weighted by Gasteiger charge is -2.43. The fourth-order valence-electron chi connectivity index (χ4n) is 3.60. The van der Waals surface area contributed by atoms with E-state index in [-0.39, 0.29) is 24.9 Å². The third-order valence-corrected chi connectivity index (χ3v) is 4.70. The van der Waals surface area contributed by atoms with Crippen molar-refractivity contribution in [3.8, 4) is 0 Å². The first-order valence-corrected chi connectivity index (χ1v) is 9.50. The van der Waals surface area contributed by atoms with Crippen LogP contribution in [0, 0.1) is 5.92 Å². The first-order valence-electron chi connectivity index (χ1n) is 9.50. The highest BCUT2D eigenvalue weighted by Crippen LogP contribution is 2.27. The summed E-state index contributed by atoms with van der Waals surface area (Å²) in [6.07, 6.45) is 2.72. The Morgan fingerprint density at radius 2 is 1.21 bits per heavy atom. The normalized spacial score (nSPS) is 19.8. The Morgan fingerprint density at radius 3 is 1.57 bits per heavy atom. The molecule has 0 aromatic rings. The van der Waals surface area contributed by atoms with Crippen LogP contribution in [0.2, 0.25) is 0 Å². The molecule has 0 aromatic carbocycles. The van der Waals surface area contributed by atoms with E-state index in [1.165, 1.54) is 9.80 Å². The van der Waals surface area contributed by atoms with Gasteiger partial charge in [0.2, 0.25) is 5.91 Å². The molecule has 0 bridgehead atoms. The third kappa shape index (κ3) is 8.66. The lowest BCUT2D eigenvalue weighted by atomic mass is 9.87. The quantitative estimate of drug-likeness (QED) is 0.353. The smallest absolute Gasteiger partial charge is 0.317 e. The average Bonchev–Trinajstić information content (AvgIpc) is 2.57. The topological polar surface area (TPSA) is 147 Å². The number of aliphatic carboxylic acids is 3. The van der Waals surface area contributed by atoms with E-state index >= 15 is 0 Å². The monoisotopic (exact) mass is 401 g/mol. The first kappa shape index (κ1) is 23.8. The van der Waals surface area contributed by atoms with E-state index in [1.54, 1.807) is 0 Å². The SMILES string of the molecule is CC(C)CNC(=O)CN(CC(=O)O)C1CCCCC1N(CC(=O)O)CC(=O)O. The van der Waals surface area contributed by atoms with E-state index in [9.17, 15) is 24.3 Å². The number of carboxylic acids is 3. The predicted molar refractivity (Wildman–Crippen MR) is 99.9 cm³/mol. The molecule has 1 saturated carbocycles. The molecule has 4 N–H and O–H groups in total. The van der Waals surface area contributed by atoms with Gasteiger partial charge in [0.05, 0.1) is 26.2 Å². The fraction of sp³-hybridized carbons (Fsp3) is 0.778. The number of carboxylic acid groups (broad SMARTS) is 3. The van der Waals surface area contributed by atoms with Crippen LogP contribution in [0.1, 0.15) is 39.5 Å². The molecule has 0 aromatic heterocycles. The second kappa shape index (κ2) is 11.6. The maximum atomic E-state index is 12.3. The van der Waals surface area contributed by atoms with Gasteiger partial charge in [0, 0.05) is 18.6 Å². The van der Waals surface area contributed by atoms with Crippen LogP contribution in [0.5, 0.6) is 0 Å². The van der Waals surface area contributed by atoms with Gasteiger partial charge in [-0.05, 0) is 18.8 Å². The molecular weight excluding hydrogens is 370 g/mol. The minimum absolute atomic E-state index is 0.131. The molecule has 0 heterocycles. The summed E-state index contributed by atoms with van der Waals surface area (Å²) in [5.41, 5.74) is 0. The molecule has 10 nitrogen and oxygen atoms in total. The number of nitrogens with zero attached hydrogens (tertiary/aromatic N) is 2. The van der Waals surface area contributed by atoms with E-state index in [1.807, 2.05) is 13.8 Å². The molecule has 0 radical (unpaired) electrons. The van der Waals surface area contributed by atoms with Crippen LogP contribution in [0.4, 0.5) is 0 Å². The van der Waals surface area contributed by atoms with Crippen molar-refractivity contribution in [2.45, 2.75) is 51.6 Å². The Balaban J connectivity index is 3.01. The molecule has 10 heteroatoms. The van der Waals surface area contributed by atoms with Gasteiger partial charge in [-0.25, -0.2) is 0 Å². The van der Waals surface area contributed by atoms with Gasteiger partial charge in [-0.1, -0.05) is 26.7 Å². The number of hydrogen-bond acceptors (Lipinski definition) is 6. The van der Waals surface area contributed by atoms with Crippen molar-refractivity contribution in [3.05, 3.63) is 0 Å². The summed E-state index contributed by atoms with van der Waals surface area (Å²) in [6.45, 7) is 2.96.